The molecule has 0 aromatic rings. The molecule has 10 atom stereocenters. The Hall–Kier alpha value is -1.57. The van der Waals surface area contributed by atoms with Crippen molar-refractivity contribution < 1.29 is 34.4 Å². The van der Waals surface area contributed by atoms with Crippen molar-refractivity contribution in [3.63, 3.8) is 0 Å². The highest BCUT2D eigenvalue weighted by molar-refractivity contribution is 6.00. The van der Waals surface area contributed by atoms with Gasteiger partial charge in [0, 0.05) is 28.6 Å². The number of ether oxygens (including phenoxy) is 1. The average Bonchev–Trinajstić information content (AvgIpc) is 2.80. The molecule has 1 saturated heterocycles. The average molecular weight is 364 g/mol. The zero-order chi connectivity index (χ0) is 19.3. The number of carbonyl (C=O) groups excluding carboxylic acids is 3. The van der Waals surface area contributed by atoms with Gasteiger partial charge in [-0.3, -0.25) is 14.4 Å². The monoisotopic (exact) mass is 364 g/mol. The van der Waals surface area contributed by atoms with Crippen LogP contribution in [0, 0.1) is 34.5 Å². The van der Waals surface area contributed by atoms with Crippen LogP contribution in [0.25, 0.3) is 0 Å². The summed E-state index contributed by atoms with van der Waals surface area (Å²) in [7, 11) is 0. The van der Waals surface area contributed by atoms with Gasteiger partial charge >= 0.3 is 5.97 Å². The van der Waals surface area contributed by atoms with E-state index in [1.807, 2.05) is 0 Å². The Kier molecular flexibility index (Phi) is 3.45. The molecular formula is C19H24O7. The lowest BCUT2D eigenvalue weighted by Crippen LogP contribution is -2.73. The second-order valence-electron chi connectivity index (χ2n) is 8.84. The maximum Gasteiger partial charge on any atom is 0.310 e. The lowest BCUT2D eigenvalue weighted by Gasteiger charge is -2.63. The summed E-state index contributed by atoms with van der Waals surface area (Å²) in [6.07, 6.45) is -3.70. The summed E-state index contributed by atoms with van der Waals surface area (Å²) in [4.78, 5) is 38.1. The van der Waals surface area contributed by atoms with E-state index in [2.05, 4.69) is 0 Å². The molecule has 3 aliphatic carbocycles. The largest absolute Gasteiger partial charge is 0.459 e. The summed E-state index contributed by atoms with van der Waals surface area (Å²) in [5, 5.41) is 32.7. The first-order valence-electron chi connectivity index (χ1n) is 9.00. The van der Waals surface area contributed by atoms with Crippen molar-refractivity contribution in [3.8, 4) is 0 Å². The maximum absolute atomic E-state index is 13.3. The van der Waals surface area contributed by atoms with Crippen LogP contribution in [0.15, 0.2) is 11.6 Å². The van der Waals surface area contributed by atoms with Gasteiger partial charge in [-0.25, -0.2) is 0 Å². The SMILES string of the molecule is CC1=CC(=O)[C@@H](O)[C@]2(C)C3[C@@H](O)[C@@H]4OC(=O)[C@@H]([C@H]4C)[C@]3(C)C(=O)[C@H](O)[C@@H]12. The van der Waals surface area contributed by atoms with E-state index >= 15 is 0 Å². The van der Waals surface area contributed by atoms with Gasteiger partial charge in [-0.05, 0) is 13.0 Å². The summed E-state index contributed by atoms with van der Waals surface area (Å²) in [5.74, 6) is -4.55. The van der Waals surface area contributed by atoms with Gasteiger partial charge in [0.1, 0.15) is 18.3 Å². The lowest BCUT2D eigenvalue weighted by molar-refractivity contribution is -0.224. The molecule has 2 bridgehead atoms. The van der Waals surface area contributed by atoms with E-state index < -0.39 is 76.5 Å². The summed E-state index contributed by atoms with van der Waals surface area (Å²) in [6, 6.07) is 0. The maximum atomic E-state index is 13.3. The molecule has 0 radical (unpaired) electrons. The van der Waals surface area contributed by atoms with E-state index in [-0.39, 0.29) is 0 Å². The first kappa shape index (κ1) is 17.8. The van der Waals surface area contributed by atoms with E-state index in [4.69, 9.17) is 4.74 Å². The molecule has 7 nitrogen and oxygen atoms in total. The van der Waals surface area contributed by atoms with Crippen molar-refractivity contribution in [2.45, 2.75) is 52.1 Å². The molecule has 7 heteroatoms. The molecule has 1 heterocycles. The number of hydrogen-bond acceptors (Lipinski definition) is 7. The molecule has 3 N–H and O–H groups in total. The fraction of sp³-hybridized carbons (Fsp3) is 0.737. The van der Waals surface area contributed by atoms with Crippen LogP contribution in [-0.2, 0) is 19.1 Å². The van der Waals surface area contributed by atoms with Gasteiger partial charge in [0.15, 0.2) is 11.6 Å². The highest BCUT2D eigenvalue weighted by atomic mass is 16.6. The van der Waals surface area contributed by atoms with Gasteiger partial charge in [-0.1, -0.05) is 26.3 Å². The fourth-order valence-corrected chi connectivity index (χ4v) is 6.73. The van der Waals surface area contributed by atoms with Gasteiger partial charge < -0.3 is 20.1 Å². The Morgan fingerprint density at radius 2 is 1.69 bits per heavy atom. The van der Waals surface area contributed by atoms with Crippen molar-refractivity contribution in [1.82, 2.24) is 0 Å². The number of carbonyl (C=O) groups is 3. The quantitative estimate of drug-likeness (QED) is 0.501. The standard InChI is InChI=1S/C19H24O7/c1-6-5-8(20)15(23)18(3)9(6)11(21)16(24)19(4)10-7(2)13(26-17(10)25)12(22)14(18)19/h5,7,9-15,21-23H,1-4H3/t7-,9-,10-,11-,12+,13-,14?,15-,18+,19+/m1/s1. The Morgan fingerprint density at radius 1 is 1.08 bits per heavy atom. The minimum Gasteiger partial charge on any atom is -0.459 e. The van der Waals surface area contributed by atoms with Crippen LogP contribution in [-0.4, -0.2) is 57.3 Å². The zero-order valence-electron chi connectivity index (χ0n) is 15.2. The number of Topliss-reactive ketones (excluding diaryl/α,β-unsaturated/α-hetero) is 1. The number of rotatable bonds is 0. The van der Waals surface area contributed by atoms with Gasteiger partial charge in [0.05, 0.1) is 12.0 Å². The fourth-order valence-electron chi connectivity index (χ4n) is 6.73. The number of aliphatic hydroxyl groups excluding tert-OH is 3. The molecule has 1 aliphatic heterocycles. The minimum atomic E-state index is -1.49. The molecule has 2 saturated carbocycles. The number of esters is 1. The van der Waals surface area contributed by atoms with E-state index in [9.17, 15) is 29.7 Å². The summed E-state index contributed by atoms with van der Waals surface area (Å²) < 4.78 is 5.36. The van der Waals surface area contributed by atoms with Crippen LogP contribution in [0.3, 0.4) is 0 Å². The number of fused-ring (bicyclic) bond motifs is 6. The third-order valence-electron chi connectivity index (χ3n) is 7.70. The normalized spacial score (nSPS) is 55.8. The van der Waals surface area contributed by atoms with Crippen LogP contribution in [0.2, 0.25) is 0 Å². The molecule has 3 fully saturated rings. The smallest absolute Gasteiger partial charge is 0.310 e. The Labute approximate surface area is 151 Å². The molecule has 0 amide bonds. The molecule has 4 rings (SSSR count). The zero-order valence-corrected chi connectivity index (χ0v) is 15.2. The summed E-state index contributed by atoms with van der Waals surface area (Å²) >= 11 is 0. The van der Waals surface area contributed by atoms with Crippen LogP contribution in [0.4, 0.5) is 0 Å². The number of hydrogen-bond donors (Lipinski definition) is 3. The highest BCUT2D eigenvalue weighted by Crippen LogP contribution is 2.66. The van der Waals surface area contributed by atoms with E-state index in [0.29, 0.717) is 5.57 Å². The third-order valence-corrected chi connectivity index (χ3v) is 7.70. The number of aliphatic hydroxyl groups is 3. The first-order chi connectivity index (χ1) is 12.0. The summed E-state index contributed by atoms with van der Waals surface area (Å²) in [6.45, 7) is 6.56. The van der Waals surface area contributed by atoms with Gasteiger partial charge in [-0.15, -0.1) is 0 Å². The Balaban J connectivity index is 2.00. The molecule has 142 valence electrons. The second-order valence-corrected chi connectivity index (χ2v) is 8.84. The van der Waals surface area contributed by atoms with Crippen LogP contribution in [0.5, 0.6) is 0 Å². The van der Waals surface area contributed by atoms with Crippen LogP contribution in [0.1, 0.15) is 27.7 Å². The van der Waals surface area contributed by atoms with Crippen LogP contribution < -0.4 is 0 Å². The highest BCUT2D eigenvalue weighted by Gasteiger charge is 2.76. The molecule has 0 spiro atoms. The van der Waals surface area contributed by atoms with Crippen molar-refractivity contribution in [2.24, 2.45) is 34.5 Å². The Bertz CT molecular complexity index is 757. The molecule has 26 heavy (non-hydrogen) atoms. The van der Waals surface area contributed by atoms with Crippen molar-refractivity contribution in [2.75, 3.05) is 0 Å². The van der Waals surface area contributed by atoms with Crippen molar-refractivity contribution in [3.05, 3.63) is 11.6 Å². The molecular weight excluding hydrogens is 340 g/mol. The van der Waals surface area contributed by atoms with Gasteiger partial charge in [0.25, 0.3) is 0 Å². The summed E-state index contributed by atoms with van der Waals surface area (Å²) in [5.41, 5.74) is -2.22. The van der Waals surface area contributed by atoms with Gasteiger partial charge in [-0.2, -0.15) is 0 Å². The van der Waals surface area contributed by atoms with Crippen molar-refractivity contribution in [1.29, 1.82) is 0 Å². The van der Waals surface area contributed by atoms with E-state index in [1.165, 1.54) is 6.08 Å². The van der Waals surface area contributed by atoms with Gasteiger partial charge in [0.2, 0.25) is 0 Å². The lowest BCUT2D eigenvalue weighted by atomic mass is 9.39. The topological polar surface area (TPSA) is 121 Å². The van der Waals surface area contributed by atoms with E-state index in [0.717, 1.165) is 0 Å². The predicted molar refractivity (Wildman–Crippen MR) is 87.5 cm³/mol. The Morgan fingerprint density at radius 3 is 2.31 bits per heavy atom. The molecule has 4 aliphatic rings. The molecule has 0 aromatic carbocycles. The van der Waals surface area contributed by atoms with E-state index in [1.54, 1.807) is 27.7 Å². The minimum absolute atomic E-state index is 0.400. The first-order valence-corrected chi connectivity index (χ1v) is 9.00. The molecule has 0 aromatic heterocycles. The predicted octanol–water partition coefficient (Wildman–Crippen LogP) is -0.383. The van der Waals surface area contributed by atoms with Crippen molar-refractivity contribution >= 4 is 17.5 Å². The third kappa shape index (κ3) is 1.67. The van der Waals surface area contributed by atoms with Crippen LogP contribution >= 0.6 is 0 Å². The second kappa shape index (κ2) is 5.03. The molecule has 1 unspecified atom stereocenters. The number of ketones is 2.